The number of ketones is 1. The second kappa shape index (κ2) is 9.17. The van der Waals surface area contributed by atoms with E-state index >= 15 is 0 Å². The predicted molar refractivity (Wildman–Crippen MR) is 149 cm³/mol. The molecule has 1 amide bonds. The number of fused-ring (bicyclic) bond motifs is 2. The van der Waals surface area contributed by atoms with Gasteiger partial charge in [0.2, 0.25) is 5.91 Å². The molecule has 0 fully saturated rings. The van der Waals surface area contributed by atoms with Gasteiger partial charge in [-0.05, 0) is 55.2 Å². The predicted octanol–water partition coefficient (Wildman–Crippen LogP) is 6.39. The number of nitrogens with one attached hydrogen (secondary N) is 2. The summed E-state index contributed by atoms with van der Waals surface area (Å²) >= 11 is 0. The lowest BCUT2D eigenvalue weighted by molar-refractivity contribution is -0.119. The van der Waals surface area contributed by atoms with Gasteiger partial charge in [-0.15, -0.1) is 0 Å². The number of aromatic nitrogens is 1. The van der Waals surface area contributed by atoms with E-state index in [4.69, 9.17) is 4.42 Å². The monoisotopic (exact) mass is 506 g/mol. The number of carbonyl (C=O) groups is 2. The first-order chi connectivity index (χ1) is 18.3. The van der Waals surface area contributed by atoms with E-state index in [1.54, 1.807) is 6.20 Å². The molecule has 2 aliphatic rings. The number of aryl methyl sites for hydroxylation is 1. The summed E-state index contributed by atoms with van der Waals surface area (Å²) in [5, 5.41) is 7.52. The topological polar surface area (TPSA) is 87.5 Å². The van der Waals surface area contributed by atoms with Crippen LogP contribution in [0.25, 0.3) is 10.9 Å². The van der Waals surface area contributed by atoms with Gasteiger partial charge in [-0.25, -0.2) is 0 Å². The average molecular weight is 507 g/mol. The summed E-state index contributed by atoms with van der Waals surface area (Å²) in [6.07, 6.45) is 2.82. The van der Waals surface area contributed by atoms with Crippen molar-refractivity contribution in [2.45, 2.75) is 39.7 Å². The van der Waals surface area contributed by atoms with Gasteiger partial charge >= 0.3 is 0 Å². The van der Waals surface area contributed by atoms with E-state index in [0.717, 1.165) is 40.2 Å². The zero-order valence-electron chi connectivity index (χ0n) is 21.7. The lowest BCUT2D eigenvalue weighted by Crippen LogP contribution is -2.40. The maximum atomic E-state index is 13.7. The van der Waals surface area contributed by atoms with Gasteiger partial charge in [-0.3, -0.25) is 14.6 Å². The summed E-state index contributed by atoms with van der Waals surface area (Å²) in [5.41, 5.74) is 4.56. The van der Waals surface area contributed by atoms with E-state index < -0.39 is 6.04 Å². The number of Topliss-reactive ketones (excluding diaryl/α,β-unsaturated/α-hetero) is 1. The Morgan fingerprint density at radius 1 is 1.11 bits per heavy atom. The first-order valence-corrected chi connectivity index (χ1v) is 12.9. The third-order valence-electron chi connectivity index (χ3n) is 7.22. The van der Waals surface area contributed by atoms with Gasteiger partial charge in [-0.2, -0.15) is 0 Å². The zero-order chi connectivity index (χ0) is 26.4. The standard InChI is InChI=1S/C31H30N4O3/c1-19-12-13-27(38-19)30-29-24(15-31(2,3)16-26(29)36)34-23-10-6-7-11-25(23)35(30)18-28(37)33-21-14-20-8-4-5-9-22(20)32-17-21/h4-14,17,30,34H,15-16,18H2,1-3H3,(H,33,37). The van der Waals surface area contributed by atoms with Crippen molar-refractivity contribution >= 4 is 39.7 Å². The summed E-state index contributed by atoms with van der Waals surface area (Å²) in [7, 11) is 0. The molecular weight excluding hydrogens is 476 g/mol. The lowest BCUT2D eigenvalue weighted by atomic mass is 9.74. The Bertz CT molecular complexity index is 1600. The van der Waals surface area contributed by atoms with Crippen LogP contribution in [0.4, 0.5) is 17.1 Å². The highest BCUT2D eigenvalue weighted by Crippen LogP contribution is 2.48. The number of para-hydroxylation sites is 3. The van der Waals surface area contributed by atoms with Gasteiger partial charge in [-0.1, -0.05) is 44.2 Å². The molecule has 0 bridgehead atoms. The van der Waals surface area contributed by atoms with Crippen LogP contribution in [0.3, 0.4) is 0 Å². The van der Waals surface area contributed by atoms with Gasteiger partial charge in [0.25, 0.3) is 0 Å². The molecule has 2 aromatic carbocycles. The summed E-state index contributed by atoms with van der Waals surface area (Å²) in [6.45, 7) is 6.13. The number of rotatable bonds is 4. The molecule has 38 heavy (non-hydrogen) atoms. The SMILES string of the molecule is Cc1ccc(C2C3=C(CC(C)(C)CC3=O)Nc3ccccc3N2CC(=O)Nc2cnc3ccccc3c2)o1. The number of nitrogens with zero attached hydrogens (tertiary/aromatic N) is 2. The maximum Gasteiger partial charge on any atom is 0.243 e. The van der Waals surface area contributed by atoms with Crippen LogP contribution < -0.4 is 15.5 Å². The number of furan rings is 1. The maximum absolute atomic E-state index is 13.7. The van der Waals surface area contributed by atoms with E-state index in [1.807, 2.05) is 78.6 Å². The smallest absolute Gasteiger partial charge is 0.243 e. The van der Waals surface area contributed by atoms with Crippen molar-refractivity contribution in [3.8, 4) is 0 Å². The van der Waals surface area contributed by atoms with Gasteiger partial charge in [0.1, 0.15) is 17.6 Å². The normalized spacial score (nSPS) is 18.4. The molecular formula is C31H30N4O3. The average Bonchev–Trinajstić information content (AvgIpc) is 3.25. The number of amides is 1. The van der Waals surface area contributed by atoms with Crippen LogP contribution in [-0.2, 0) is 9.59 Å². The highest BCUT2D eigenvalue weighted by atomic mass is 16.3. The number of hydrogen-bond acceptors (Lipinski definition) is 6. The number of benzene rings is 2. The molecule has 1 aliphatic heterocycles. The van der Waals surface area contributed by atoms with Crippen LogP contribution in [-0.4, -0.2) is 23.2 Å². The second-order valence-electron chi connectivity index (χ2n) is 10.9. The summed E-state index contributed by atoms with van der Waals surface area (Å²) < 4.78 is 6.12. The molecule has 7 heteroatoms. The van der Waals surface area contributed by atoms with Crippen LogP contribution in [0.5, 0.6) is 0 Å². The van der Waals surface area contributed by atoms with Crippen molar-refractivity contribution in [1.82, 2.24) is 4.98 Å². The third-order valence-corrected chi connectivity index (χ3v) is 7.22. The highest BCUT2D eigenvalue weighted by Gasteiger charge is 2.43. The van der Waals surface area contributed by atoms with Crippen LogP contribution in [0.15, 0.2) is 88.6 Å². The molecule has 1 unspecified atom stereocenters. The zero-order valence-corrected chi connectivity index (χ0v) is 21.7. The van der Waals surface area contributed by atoms with Gasteiger partial charge in [0.15, 0.2) is 5.78 Å². The van der Waals surface area contributed by atoms with Crippen molar-refractivity contribution < 1.29 is 14.0 Å². The molecule has 4 aromatic rings. The van der Waals surface area contributed by atoms with Crippen molar-refractivity contribution in [3.05, 3.63) is 95.7 Å². The van der Waals surface area contributed by atoms with E-state index in [-0.39, 0.29) is 23.7 Å². The molecule has 192 valence electrons. The molecule has 0 saturated heterocycles. The molecule has 0 radical (unpaired) electrons. The molecule has 0 saturated carbocycles. The fourth-order valence-electron chi connectivity index (χ4n) is 5.62. The number of anilines is 3. The molecule has 0 spiro atoms. The fourth-order valence-corrected chi connectivity index (χ4v) is 5.62. The third kappa shape index (κ3) is 4.45. The second-order valence-corrected chi connectivity index (χ2v) is 10.9. The van der Waals surface area contributed by atoms with E-state index in [1.165, 1.54) is 0 Å². The highest BCUT2D eigenvalue weighted by molar-refractivity contribution is 6.02. The van der Waals surface area contributed by atoms with Crippen LogP contribution in [0.1, 0.15) is 44.3 Å². The fraction of sp³-hybridized carbons (Fsp3) is 0.258. The Morgan fingerprint density at radius 3 is 2.71 bits per heavy atom. The lowest BCUT2D eigenvalue weighted by Gasteiger charge is -2.36. The Hall–Kier alpha value is -4.39. The van der Waals surface area contributed by atoms with Crippen LogP contribution in [0.2, 0.25) is 0 Å². The summed E-state index contributed by atoms with van der Waals surface area (Å²) in [4.78, 5) is 33.7. The quantitative estimate of drug-likeness (QED) is 0.333. The van der Waals surface area contributed by atoms with Gasteiger partial charge in [0, 0.05) is 23.1 Å². The first kappa shape index (κ1) is 24.0. The molecule has 7 nitrogen and oxygen atoms in total. The number of hydrogen-bond donors (Lipinski definition) is 2. The number of allylic oxidation sites excluding steroid dienone is 1. The van der Waals surface area contributed by atoms with Crippen molar-refractivity contribution in [2.24, 2.45) is 5.41 Å². The Balaban J connectivity index is 1.42. The Morgan fingerprint density at radius 2 is 1.89 bits per heavy atom. The van der Waals surface area contributed by atoms with Gasteiger partial charge < -0.3 is 20.0 Å². The Kier molecular flexibility index (Phi) is 5.79. The minimum atomic E-state index is -0.543. The number of pyridine rings is 1. The van der Waals surface area contributed by atoms with E-state index in [0.29, 0.717) is 23.4 Å². The molecule has 1 atom stereocenters. The van der Waals surface area contributed by atoms with Crippen molar-refractivity contribution in [1.29, 1.82) is 0 Å². The molecule has 1 aliphatic carbocycles. The van der Waals surface area contributed by atoms with Crippen molar-refractivity contribution in [2.75, 3.05) is 22.1 Å². The molecule has 3 heterocycles. The molecule has 2 aromatic heterocycles. The molecule has 2 N–H and O–H groups in total. The van der Waals surface area contributed by atoms with Crippen molar-refractivity contribution in [3.63, 3.8) is 0 Å². The van der Waals surface area contributed by atoms with Crippen LogP contribution >= 0.6 is 0 Å². The summed E-state index contributed by atoms with van der Waals surface area (Å²) in [6, 6.07) is 20.8. The van der Waals surface area contributed by atoms with Gasteiger partial charge in [0.05, 0.1) is 35.3 Å². The largest absolute Gasteiger partial charge is 0.464 e. The summed E-state index contributed by atoms with van der Waals surface area (Å²) in [5.74, 6) is 1.25. The minimum absolute atomic E-state index is 0.0172. The number of carbonyl (C=O) groups excluding carboxylic acids is 2. The molecule has 6 rings (SSSR count). The van der Waals surface area contributed by atoms with Crippen LogP contribution in [0, 0.1) is 12.3 Å². The van der Waals surface area contributed by atoms with E-state index in [9.17, 15) is 9.59 Å². The minimum Gasteiger partial charge on any atom is -0.464 e. The van der Waals surface area contributed by atoms with E-state index in [2.05, 4.69) is 29.5 Å². The Labute approximate surface area is 221 Å². The first-order valence-electron chi connectivity index (χ1n) is 12.9.